The monoisotopic (exact) mass is 287 g/mol. The fraction of sp³-hybridized carbons (Fsp3) is 0.333. The number of imide groups is 1. The quantitative estimate of drug-likeness (QED) is 0.527. The highest BCUT2D eigenvalue weighted by atomic mass is 32.2. The number of rotatable bonds is 6. The van der Waals surface area contributed by atoms with Crippen molar-refractivity contribution in [1.82, 2.24) is 15.5 Å². The van der Waals surface area contributed by atoms with Crippen LogP contribution >= 0.6 is 23.1 Å². The Hall–Kier alpha value is -1.61. The predicted octanol–water partition coefficient (Wildman–Crippen LogP) is 0.812. The number of carbonyl (C=O) groups excluding carboxylic acids is 2. The number of amides is 3. The Labute approximate surface area is 112 Å². The summed E-state index contributed by atoms with van der Waals surface area (Å²) in [6, 6.07) is -0.863. The smallest absolute Gasteiger partial charge is 0.318 e. The standard InChI is InChI=1S/C9H13N5O2S2/c1-3-4-11-8-13-14-9(18-8)17-5(2)6(15)12-7(10)16/h3,5H,1,4H2,2H3,(H,11,13)(H3,10,12,15,16). The van der Waals surface area contributed by atoms with Crippen molar-refractivity contribution in [3.63, 3.8) is 0 Å². The van der Waals surface area contributed by atoms with Gasteiger partial charge in [0.25, 0.3) is 0 Å². The van der Waals surface area contributed by atoms with Gasteiger partial charge in [-0.25, -0.2) is 4.79 Å². The molecule has 1 heterocycles. The first-order valence-corrected chi connectivity index (χ1v) is 6.67. The van der Waals surface area contributed by atoms with Gasteiger partial charge in [0.05, 0.1) is 5.25 Å². The van der Waals surface area contributed by atoms with E-state index in [1.54, 1.807) is 13.0 Å². The Morgan fingerprint density at radius 2 is 2.33 bits per heavy atom. The first-order chi connectivity index (χ1) is 8.52. The SMILES string of the molecule is C=CCNc1nnc(SC(C)C(=O)NC(N)=O)s1. The molecule has 0 bridgehead atoms. The van der Waals surface area contributed by atoms with Gasteiger partial charge in [-0.1, -0.05) is 29.2 Å². The summed E-state index contributed by atoms with van der Waals surface area (Å²) in [5.41, 5.74) is 4.86. The third kappa shape index (κ3) is 4.72. The van der Waals surface area contributed by atoms with Crippen LogP contribution in [-0.4, -0.2) is 33.9 Å². The molecule has 9 heteroatoms. The highest BCUT2D eigenvalue weighted by Crippen LogP contribution is 2.28. The number of thioether (sulfide) groups is 1. The molecule has 0 radical (unpaired) electrons. The zero-order valence-corrected chi connectivity index (χ0v) is 11.3. The summed E-state index contributed by atoms with van der Waals surface area (Å²) in [6.45, 7) is 5.82. The molecule has 3 amide bonds. The molecule has 0 spiro atoms. The Morgan fingerprint density at radius 3 is 2.94 bits per heavy atom. The van der Waals surface area contributed by atoms with Crippen LogP contribution in [-0.2, 0) is 4.79 Å². The van der Waals surface area contributed by atoms with Crippen molar-refractivity contribution in [2.75, 3.05) is 11.9 Å². The second kappa shape index (κ2) is 6.97. The van der Waals surface area contributed by atoms with Gasteiger partial charge in [-0.2, -0.15) is 0 Å². The zero-order valence-electron chi connectivity index (χ0n) is 9.67. The van der Waals surface area contributed by atoms with Gasteiger partial charge >= 0.3 is 6.03 Å². The Morgan fingerprint density at radius 1 is 1.61 bits per heavy atom. The van der Waals surface area contributed by atoms with Crippen LogP contribution in [0.25, 0.3) is 0 Å². The maximum absolute atomic E-state index is 11.4. The van der Waals surface area contributed by atoms with E-state index >= 15 is 0 Å². The number of nitrogens with one attached hydrogen (secondary N) is 2. The van der Waals surface area contributed by atoms with Crippen LogP contribution < -0.4 is 16.4 Å². The van der Waals surface area contributed by atoms with Crippen molar-refractivity contribution < 1.29 is 9.59 Å². The summed E-state index contributed by atoms with van der Waals surface area (Å²) in [4.78, 5) is 22.0. The molecule has 0 saturated heterocycles. The number of nitrogens with two attached hydrogens (primary N) is 1. The maximum atomic E-state index is 11.4. The molecule has 98 valence electrons. The van der Waals surface area contributed by atoms with Crippen LogP contribution in [0, 0.1) is 0 Å². The van der Waals surface area contributed by atoms with E-state index in [9.17, 15) is 9.59 Å². The fourth-order valence-corrected chi connectivity index (χ4v) is 2.82. The molecule has 0 aliphatic rings. The van der Waals surface area contributed by atoms with Crippen LogP contribution in [0.2, 0.25) is 0 Å². The van der Waals surface area contributed by atoms with Crippen molar-refractivity contribution in [3.05, 3.63) is 12.7 Å². The molecule has 1 unspecified atom stereocenters. The van der Waals surface area contributed by atoms with Crippen molar-refractivity contribution in [2.45, 2.75) is 16.5 Å². The maximum Gasteiger partial charge on any atom is 0.318 e. The second-order valence-electron chi connectivity index (χ2n) is 3.16. The number of urea groups is 1. The average molecular weight is 287 g/mol. The fourth-order valence-electron chi connectivity index (χ4n) is 0.916. The normalized spacial score (nSPS) is 11.6. The van der Waals surface area contributed by atoms with E-state index in [0.29, 0.717) is 16.0 Å². The summed E-state index contributed by atoms with van der Waals surface area (Å²) in [5, 5.41) is 13.0. The van der Waals surface area contributed by atoms with Crippen LogP contribution in [0.5, 0.6) is 0 Å². The number of anilines is 1. The molecule has 0 fully saturated rings. The molecular weight excluding hydrogens is 274 g/mol. The van der Waals surface area contributed by atoms with E-state index in [0.717, 1.165) is 0 Å². The van der Waals surface area contributed by atoms with E-state index in [2.05, 4.69) is 22.1 Å². The molecule has 1 aromatic rings. The summed E-state index contributed by atoms with van der Waals surface area (Å²) in [7, 11) is 0. The van der Waals surface area contributed by atoms with Crippen LogP contribution in [0.4, 0.5) is 9.93 Å². The van der Waals surface area contributed by atoms with Gasteiger partial charge in [-0.15, -0.1) is 16.8 Å². The molecular formula is C9H13N5O2S2. The van der Waals surface area contributed by atoms with E-state index in [1.807, 2.05) is 5.32 Å². The number of hydrogen-bond acceptors (Lipinski definition) is 7. The summed E-state index contributed by atoms with van der Waals surface area (Å²) in [6.07, 6.45) is 1.71. The molecule has 7 nitrogen and oxygen atoms in total. The zero-order chi connectivity index (χ0) is 13.5. The van der Waals surface area contributed by atoms with Gasteiger partial charge in [-0.05, 0) is 6.92 Å². The van der Waals surface area contributed by atoms with Gasteiger partial charge in [-0.3, -0.25) is 10.1 Å². The molecule has 0 aromatic carbocycles. The number of aromatic nitrogens is 2. The third-order valence-electron chi connectivity index (χ3n) is 1.70. The molecule has 1 aromatic heterocycles. The minimum absolute atomic E-state index is 0.455. The minimum atomic E-state index is -0.863. The number of primary amides is 1. The minimum Gasteiger partial charge on any atom is -0.357 e. The topological polar surface area (TPSA) is 110 Å². The average Bonchev–Trinajstić information content (AvgIpc) is 2.73. The van der Waals surface area contributed by atoms with Gasteiger partial charge < -0.3 is 11.1 Å². The molecule has 0 saturated carbocycles. The van der Waals surface area contributed by atoms with E-state index < -0.39 is 17.2 Å². The Kier molecular flexibility index (Phi) is 5.59. The second-order valence-corrected chi connectivity index (χ2v) is 5.72. The third-order valence-corrected chi connectivity index (χ3v) is 3.76. The van der Waals surface area contributed by atoms with Crippen LogP contribution in [0.15, 0.2) is 17.0 Å². The largest absolute Gasteiger partial charge is 0.357 e. The van der Waals surface area contributed by atoms with E-state index in [1.165, 1.54) is 23.1 Å². The molecule has 1 atom stereocenters. The molecule has 1 rings (SSSR count). The first-order valence-electron chi connectivity index (χ1n) is 4.98. The van der Waals surface area contributed by atoms with Crippen LogP contribution in [0.1, 0.15) is 6.92 Å². The first kappa shape index (κ1) is 14.5. The summed E-state index contributed by atoms with van der Waals surface area (Å²) < 4.78 is 0.633. The summed E-state index contributed by atoms with van der Waals surface area (Å²) >= 11 is 2.53. The Bertz CT molecular complexity index is 448. The Balaban J connectivity index is 2.51. The van der Waals surface area contributed by atoms with Gasteiger partial charge in [0.15, 0.2) is 4.34 Å². The van der Waals surface area contributed by atoms with E-state index in [-0.39, 0.29) is 0 Å². The number of nitrogens with zero attached hydrogens (tertiary/aromatic N) is 2. The lowest BCUT2D eigenvalue weighted by Crippen LogP contribution is -2.39. The van der Waals surface area contributed by atoms with Crippen LogP contribution in [0.3, 0.4) is 0 Å². The lowest BCUT2D eigenvalue weighted by Gasteiger charge is -2.06. The summed E-state index contributed by atoms with van der Waals surface area (Å²) in [5.74, 6) is -0.455. The van der Waals surface area contributed by atoms with E-state index in [4.69, 9.17) is 5.73 Å². The van der Waals surface area contributed by atoms with Crippen molar-refractivity contribution >= 4 is 40.2 Å². The molecule has 0 aliphatic heterocycles. The molecule has 18 heavy (non-hydrogen) atoms. The lowest BCUT2D eigenvalue weighted by atomic mass is 10.4. The molecule has 4 N–H and O–H groups in total. The van der Waals surface area contributed by atoms with Crippen molar-refractivity contribution in [3.8, 4) is 0 Å². The van der Waals surface area contributed by atoms with Gasteiger partial charge in [0.1, 0.15) is 0 Å². The predicted molar refractivity (Wildman–Crippen MR) is 71.6 cm³/mol. The highest BCUT2D eigenvalue weighted by Gasteiger charge is 2.18. The lowest BCUT2D eigenvalue weighted by molar-refractivity contribution is -0.119. The number of hydrogen-bond donors (Lipinski definition) is 3. The van der Waals surface area contributed by atoms with Crippen molar-refractivity contribution in [2.24, 2.45) is 5.73 Å². The van der Waals surface area contributed by atoms with Gasteiger partial charge in [0.2, 0.25) is 11.0 Å². The highest BCUT2D eigenvalue weighted by molar-refractivity contribution is 8.02. The molecule has 0 aliphatic carbocycles. The van der Waals surface area contributed by atoms with Gasteiger partial charge in [0, 0.05) is 6.54 Å². The van der Waals surface area contributed by atoms with Crippen molar-refractivity contribution in [1.29, 1.82) is 0 Å². The number of carbonyl (C=O) groups is 2.